The predicted molar refractivity (Wildman–Crippen MR) is 117 cm³/mol. The Morgan fingerprint density at radius 2 is 2.00 bits per heavy atom. The fraction of sp³-hybridized carbons (Fsp3) is 0.217. The minimum Gasteiger partial charge on any atom is -0.481 e. The largest absolute Gasteiger partial charge is 0.481 e. The first-order valence-corrected chi connectivity index (χ1v) is 10.9. The number of allylic oxidation sites excluding steroid dienone is 2. The maximum atomic E-state index is 14.3. The molecule has 0 saturated carbocycles. The van der Waals surface area contributed by atoms with E-state index in [4.69, 9.17) is 9.94 Å². The Balaban J connectivity index is 1.83. The average Bonchev–Trinajstić information content (AvgIpc) is 3.04. The zero-order valence-electron chi connectivity index (χ0n) is 16.7. The van der Waals surface area contributed by atoms with Crippen LogP contribution in [0.4, 0.5) is 4.39 Å². The Labute approximate surface area is 177 Å². The molecule has 0 heterocycles. The molecule has 156 valence electrons. The van der Waals surface area contributed by atoms with Gasteiger partial charge in [-0.25, -0.2) is 4.39 Å². The number of aliphatic carboxylic acids is 1. The van der Waals surface area contributed by atoms with Crippen molar-refractivity contribution in [2.45, 2.75) is 24.7 Å². The third kappa shape index (κ3) is 5.10. The number of carbonyl (C=O) groups is 1. The van der Waals surface area contributed by atoms with Crippen molar-refractivity contribution in [3.05, 3.63) is 70.5 Å². The second kappa shape index (κ2) is 9.63. The van der Waals surface area contributed by atoms with Crippen LogP contribution in [0, 0.1) is 12.7 Å². The van der Waals surface area contributed by atoms with Crippen LogP contribution in [0.5, 0.6) is 0 Å². The van der Waals surface area contributed by atoms with Crippen LogP contribution >= 0.6 is 0 Å². The minimum atomic E-state index is -1.38. The van der Waals surface area contributed by atoms with Crippen LogP contribution < -0.4 is 0 Å². The van der Waals surface area contributed by atoms with E-state index in [1.165, 1.54) is 18.5 Å². The number of hydrogen-bond acceptors (Lipinski definition) is 4. The molecule has 0 bridgehead atoms. The summed E-state index contributed by atoms with van der Waals surface area (Å²) in [5, 5.41) is 12.2. The first-order valence-electron chi connectivity index (χ1n) is 9.38. The van der Waals surface area contributed by atoms with Crippen molar-refractivity contribution in [2.24, 2.45) is 5.16 Å². The molecule has 1 aliphatic carbocycles. The highest BCUT2D eigenvalue weighted by Crippen LogP contribution is 2.38. The van der Waals surface area contributed by atoms with E-state index in [9.17, 15) is 13.4 Å². The standard InChI is InChI=1S/C23H22FNO4S/c1-15-11-22(30(2)28)21(24)14-17(15)13-18-12-16(19-5-3-4-6-20(18)19)8-10-29-25-9-7-23(26)27/h3-6,9,11-14H,7-8,10H2,1-2H3,(H,26,27)/b18-13-,25-9?. The fourth-order valence-electron chi connectivity index (χ4n) is 3.27. The molecule has 30 heavy (non-hydrogen) atoms. The van der Waals surface area contributed by atoms with Gasteiger partial charge in [0.25, 0.3) is 0 Å². The topological polar surface area (TPSA) is 76.0 Å². The second-order valence-electron chi connectivity index (χ2n) is 6.88. The van der Waals surface area contributed by atoms with Crippen LogP contribution in [0.2, 0.25) is 0 Å². The summed E-state index contributed by atoms with van der Waals surface area (Å²) in [7, 11) is -1.38. The van der Waals surface area contributed by atoms with Gasteiger partial charge >= 0.3 is 5.97 Å². The van der Waals surface area contributed by atoms with Gasteiger partial charge in [0.1, 0.15) is 12.4 Å². The van der Waals surface area contributed by atoms with Crippen LogP contribution in [0.1, 0.15) is 35.1 Å². The highest BCUT2D eigenvalue weighted by atomic mass is 32.2. The average molecular weight is 427 g/mol. The van der Waals surface area contributed by atoms with Gasteiger partial charge in [-0.05, 0) is 58.5 Å². The maximum absolute atomic E-state index is 14.3. The number of oxime groups is 1. The van der Waals surface area contributed by atoms with Gasteiger partial charge < -0.3 is 9.94 Å². The normalized spacial score (nSPS) is 15.3. The van der Waals surface area contributed by atoms with Crippen molar-refractivity contribution in [3.63, 3.8) is 0 Å². The number of carboxylic acid groups (broad SMARTS) is 1. The molecule has 0 saturated heterocycles. The SMILES string of the molecule is Cc1cc(S(C)=O)c(F)cc1/C=C1/C=C(CCON=CCC(=O)O)c2ccccc21. The van der Waals surface area contributed by atoms with Gasteiger partial charge in [-0.3, -0.25) is 9.00 Å². The Morgan fingerprint density at radius 3 is 2.70 bits per heavy atom. The highest BCUT2D eigenvalue weighted by Gasteiger charge is 2.18. The monoisotopic (exact) mass is 427 g/mol. The van der Waals surface area contributed by atoms with E-state index in [2.05, 4.69) is 5.16 Å². The molecule has 0 fully saturated rings. The van der Waals surface area contributed by atoms with Crippen molar-refractivity contribution in [1.82, 2.24) is 0 Å². The Morgan fingerprint density at radius 1 is 1.27 bits per heavy atom. The third-order valence-electron chi connectivity index (χ3n) is 4.73. The van der Waals surface area contributed by atoms with Crippen molar-refractivity contribution in [1.29, 1.82) is 0 Å². The molecule has 3 rings (SSSR count). The van der Waals surface area contributed by atoms with Gasteiger partial charge in [0.2, 0.25) is 0 Å². The highest BCUT2D eigenvalue weighted by molar-refractivity contribution is 7.84. The molecule has 0 amide bonds. The molecule has 1 aliphatic rings. The molecule has 2 aromatic rings. The number of halogens is 1. The fourth-order valence-corrected chi connectivity index (χ4v) is 3.95. The van der Waals surface area contributed by atoms with Gasteiger partial charge in [-0.15, -0.1) is 0 Å². The Kier molecular flexibility index (Phi) is 6.95. The Bertz CT molecular complexity index is 1090. The maximum Gasteiger partial charge on any atom is 0.308 e. The van der Waals surface area contributed by atoms with E-state index < -0.39 is 22.6 Å². The van der Waals surface area contributed by atoms with E-state index in [0.717, 1.165) is 33.4 Å². The van der Waals surface area contributed by atoms with Crippen molar-refractivity contribution >= 4 is 40.2 Å². The lowest BCUT2D eigenvalue weighted by atomic mass is 10.0. The molecule has 1 unspecified atom stereocenters. The van der Waals surface area contributed by atoms with Crippen LogP contribution in [0.25, 0.3) is 17.2 Å². The van der Waals surface area contributed by atoms with E-state index in [1.54, 1.807) is 6.07 Å². The number of aryl methyl sites for hydroxylation is 1. The molecular weight excluding hydrogens is 405 g/mol. The predicted octanol–water partition coefficient (Wildman–Crippen LogP) is 4.68. The lowest BCUT2D eigenvalue weighted by molar-refractivity contribution is -0.135. The van der Waals surface area contributed by atoms with Crippen LogP contribution in [0.3, 0.4) is 0 Å². The summed E-state index contributed by atoms with van der Waals surface area (Å²) < 4.78 is 26.0. The first kappa shape index (κ1) is 21.6. The van der Waals surface area contributed by atoms with Crippen molar-refractivity contribution in [2.75, 3.05) is 12.9 Å². The number of hydrogen-bond donors (Lipinski definition) is 1. The molecule has 0 aliphatic heterocycles. The first-order chi connectivity index (χ1) is 14.4. The number of fused-ring (bicyclic) bond motifs is 1. The number of benzene rings is 2. The molecule has 1 N–H and O–H groups in total. The van der Waals surface area contributed by atoms with E-state index in [-0.39, 0.29) is 11.3 Å². The van der Waals surface area contributed by atoms with Crippen LogP contribution in [0.15, 0.2) is 52.5 Å². The smallest absolute Gasteiger partial charge is 0.308 e. The molecule has 0 aromatic heterocycles. The van der Waals surface area contributed by atoms with Crippen molar-refractivity contribution in [3.8, 4) is 0 Å². The molecular formula is C23H22FNO4S. The summed E-state index contributed by atoms with van der Waals surface area (Å²) in [4.78, 5) is 15.8. The van der Waals surface area contributed by atoms with Crippen LogP contribution in [-0.4, -0.2) is 34.4 Å². The number of rotatable bonds is 8. The summed E-state index contributed by atoms with van der Waals surface area (Å²) in [5.74, 6) is -1.44. The lowest BCUT2D eigenvalue weighted by Gasteiger charge is -2.07. The molecule has 0 radical (unpaired) electrons. The van der Waals surface area contributed by atoms with Crippen LogP contribution in [-0.2, 0) is 20.4 Å². The Hall–Kier alpha value is -3.06. The zero-order chi connectivity index (χ0) is 21.7. The minimum absolute atomic E-state index is 0.182. The lowest BCUT2D eigenvalue weighted by Crippen LogP contribution is -1.96. The van der Waals surface area contributed by atoms with E-state index in [0.29, 0.717) is 13.0 Å². The molecule has 2 aromatic carbocycles. The quantitative estimate of drug-likeness (QED) is 0.377. The molecule has 0 spiro atoms. The van der Waals surface area contributed by atoms with Crippen molar-refractivity contribution < 1.29 is 23.3 Å². The summed E-state index contributed by atoms with van der Waals surface area (Å²) in [6.07, 6.45) is 7.07. The number of carboxylic acids is 1. The van der Waals surface area contributed by atoms with Gasteiger partial charge in [0.05, 0.1) is 28.3 Å². The van der Waals surface area contributed by atoms with Gasteiger partial charge in [-0.2, -0.15) is 0 Å². The van der Waals surface area contributed by atoms with Gasteiger partial charge in [0, 0.05) is 12.7 Å². The summed E-state index contributed by atoms with van der Waals surface area (Å²) in [5.41, 5.74) is 5.73. The molecule has 1 atom stereocenters. The molecule has 7 heteroatoms. The van der Waals surface area contributed by atoms with Gasteiger partial charge in [0.15, 0.2) is 0 Å². The summed E-state index contributed by atoms with van der Waals surface area (Å²) in [6.45, 7) is 2.19. The molecule has 5 nitrogen and oxygen atoms in total. The summed E-state index contributed by atoms with van der Waals surface area (Å²) in [6, 6.07) is 11.0. The second-order valence-corrected chi connectivity index (χ2v) is 8.23. The van der Waals surface area contributed by atoms with E-state index >= 15 is 0 Å². The summed E-state index contributed by atoms with van der Waals surface area (Å²) >= 11 is 0. The van der Waals surface area contributed by atoms with Gasteiger partial charge in [-0.1, -0.05) is 35.5 Å². The zero-order valence-corrected chi connectivity index (χ0v) is 17.5. The number of nitrogens with zero attached hydrogens (tertiary/aromatic N) is 1. The van der Waals surface area contributed by atoms with E-state index in [1.807, 2.05) is 43.3 Å². The third-order valence-corrected chi connectivity index (χ3v) is 5.66.